The first-order valence-corrected chi connectivity index (χ1v) is 8.10. The van der Waals surface area contributed by atoms with Crippen molar-refractivity contribution in [2.24, 2.45) is 0 Å². The lowest BCUT2D eigenvalue weighted by atomic mass is 10.3. The van der Waals surface area contributed by atoms with Gasteiger partial charge in [0.05, 0.1) is 16.0 Å². The minimum atomic E-state index is 0. The average Bonchev–Trinajstić information content (AvgIpc) is 3.04. The van der Waals surface area contributed by atoms with Gasteiger partial charge in [0.15, 0.2) is 4.34 Å². The Morgan fingerprint density at radius 2 is 2.35 bits per heavy atom. The molecule has 2 aromatic rings. The molecule has 4 nitrogen and oxygen atoms in total. The summed E-state index contributed by atoms with van der Waals surface area (Å²) in [5, 5.41) is 6.27. The number of para-hydroxylation sites is 1. The fraction of sp³-hybridized carbons (Fsp3) is 0.385. The van der Waals surface area contributed by atoms with Crippen molar-refractivity contribution < 1.29 is 4.79 Å². The SMILES string of the molecule is Cl.O=C(CSc1nc2ccccc2s1)NC1CCNC1. The first-order chi connectivity index (χ1) is 9.31. The highest BCUT2D eigenvalue weighted by Gasteiger charge is 2.16. The summed E-state index contributed by atoms with van der Waals surface area (Å²) in [5.74, 6) is 0.536. The quantitative estimate of drug-likeness (QED) is 0.845. The predicted molar refractivity (Wildman–Crippen MR) is 87.0 cm³/mol. The van der Waals surface area contributed by atoms with Crippen molar-refractivity contribution in [1.82, 2.24) is 15.6 Å². The van der Waals surface area contributed by atoms with Crippen LogP contribution in [-0.4, -0.2) is 35.8 Å². The number of aromatic nitrogens is 1. The number of nitrogens with zero attached hydrogens (tertiary/aromatic N) is 1. The molecular formula is C13H16ClN3OS2. The molecule has 1 aromatic carbocycles. The minimum Gasteiger partial charge on any atom is -0.351 e. The highest BCUT2D eigenvalue weighted by molar-refractivity contribution is 8.01. The summed E-state index contributed by atoms with van der Waals surface area (Å²) in [6.07, 6.45) is 1.03. The third kappa shape index (κ3) is 3.85. The fourth-order valence-electron chi connectivity index (χ4n) is 2.09. The lowest BCUT2D eigenvalue weighted by Crippen LogP contribution is -2.37. The average molecular weight is 330 g/mol. The van der Waals surface area contributed by atoms with E-state index in [1.807, 2.05) is 18.2 Å². The van der Waals surface area contributed by atoms with Crippen LogP contribution in [0.4, 0.5) is 0 Å². The Hall–Kier alpha value is -0.820. The second-order valence-electron chi connectivity index (χ2n) is 4.49. The van der Waals surface area contributed by atoms with Gasteiger partial charge >= 0.3 is 0 Å². The van der Waals surface area contributed by atoms with E-state index in [-0.39, 0.29) is 18.3 Å². The molecule has 1 aliphatic rings. The molecule has 1 aliphatic heterocycles. The highest BCUT2D eigenvalue weighted by Crippen LogP contribution is 2.29. The Labute approximate surface area is 132 Å². The number of nitrogens with one attached hydrogen (secondary N) is 2. The van der Waals surface area contributed by atoms with Gasteiger partial charge in [-0.05, 0) is 25.1 Å². The maximum absolute atomic E-state index is 11.8. The van der Waals surface area contributed by atoms with Crippen LogP contribution in [0.5, 0.6) is 0 Å². The molecule has 2 heterocycles. The normalized spacial score (nSPS) is 17.9. The van der Waals surface area contributed by atoms with Gasteiger partial charge < -0.3 is 10.6 Å². The molecule has 7 heteroatoms. The van der Waals surface area contributed by atoms with Crippen LogP contribution >= 0.6 is 35.5 Å². The second-order valence-corrected chi connectivity index (χ2v) is 6.75. The van der Waals surface area contributed by atoms with Crippen LogP contribution in [-0.2, 0) is 4.79 Å². The molecule has 2 N–H and O–H groups in total. The van der Waals surface area contributed by atoms with E-state index in [2.05, 4.69) is 21.7 Å². The van der Waals surface area contributed by atoms with Gasteiger partial charge in [-0.2, -0.15) is 0 Å². The van der Waals surface area contributed by atoms with Crippen molar-refractivity contribution in [2.45, 2.75) is 16.8 Å². The molecule has 0 radical (unpaired) electrons. The van der Waals surface area contributed by atoms with Gasteiger partial charge in [-0.25, -0.2) is 4.98 Å². The second kappa shape index (κ2) is 7.26. The van der Waals surface area contributed by atoms with E-state index in [1.165, 1.54) is 16.5 Å². The van der Waals surface area contributed by atoms with Gasteiger partial charge in [0.25, 0.3) is 0 Å². The van der Waals surface area contributed by atoms with Crippen LogP contribution < -0.4 is 10.6 Å². The van der Waals surface area contributed by atoms with E-state index in [9.17, 15) is 4.79 Å². The molecule has 1 atom stereocenters. The van der Waals surface area contributed by atoms with Gasteiger partial charge in [0, 0.05) is 12.6 Å². The van der Waals surface area contributed by atoms with Crippen LogP contribution in [0, 0.1) is 0 Å². The van der Waals surface area contributed by atoms with Crippen LogP contribution in [0.1, 0.15) is 6.42 Å². The van der Waals surface area contributed by atoms with Crippen LogP contribution in [0.25, 0.3) is 10.2 Å². The van der Waals surface area contributed by atoms with Crippen molar-refractivity contribution in [3.63, 3.8) is 0 Å². The van der Waals surface area contributed by atoms with Crippen molar-refractivity contribution in [1.29, 1.82) is 0 Å². The van der Waals surface area contributed by atoms with E-state index in [0.717, 1.165) is 29.4 Å². The lowest BCUT2D eigenvalue weighted by Gasteiger charge is -2.10. The Balaban J connectivity index is 0.00000147. The zero-order valence-corrected chi connectivity index (χ0v) is 13.2. The lowest BCUT2D eigenvalue weighted by molar-refractivity contribution is -0.119. The van der Waals surface area contributed by atoms with Crippen molar-refractivity contribution in [3.05, 3.63) is 24.3 Å². The third-order valence-electron chi connectivity index (χ3n) is 3.03. The zero-order chi connectivity index (χ0) is 13.1. The number of benzene rings is 1. The molecular weight excluding hydrogens is 314 g/mol. The molecule has 0 spiro atoms. The molecule has 1 fully saturated rings. The Bertz CT molecular complexity index is 551. The number of carbonyl (C=O) groups is 1. The molecule has 3 rings (SSSR count). The molecule has 0 bridgehead atoms. The Morgan fingerprint density at radius 3 is 3.10 bits per heavy atom. The third-order valence-corrected chi connectivity index (χ3v) is 5.21. The number of thiazole rings is 1. The summed E-state index contributed by atoms with van der Waals surface area (Å²) in [7, 11) is 0. The summed E-state index contributed by atoms with van der Waals surface area (Å²) in [5.41, 5.74) is 1.01. The van der Waals surface area contributed by atoms with E-state index >= 15 is 0 Å². The van der Waals surface area contributed by atoms with E-state index in [1.54, 1.807) is 11.3 Å². The van der Waals surface area contributed by atoms with Crippen molar-refractivity contribution >= 4 is 51.6 Å². The summed E-state index contributed by atoms with van der Waals surface area (Å²) < 4.78 is 2.13. The smallest absolute Gasteiger partial charge is 0.230 e. The Kier molecular flexibility index (Phi) is 5.65. The number of carbonyl (C=O) groups excluding carboxylic acids is 1. The first-order valence-electron chi connectivity index (χ1n) is 6.30. The highest BCUT2D eigenvalue weighted by atomic mass is 35.5. The molecule has 1 unspecified atom stereocenters. The van der Waals surface area contributed by atoms with Gasteiger partial charge in [-0.15, -0.1) is 23.7 Å². The molecule has 1 amide bonds. The topological polar surface area (TPSA) is 54.0 Å². The van der Waals surface area contributed by atoms with Crippen molar-refractivity contribution in [3.8, 4) is 0 Å². The molecule has 20 heavy (non-hydrogen) atoms. The molecule has 1 aromatic heterocycles. The largest absolute Gasteiger partial charge is 0.351 e. The fourth-order valence-corrected chi connectivity index (χ4v) is 3.97. The zero-order valence-electron chi connectivity index (χ0n) is 10.8. The number of fused-ring (bicyclic) bond motifs is 1. The van der Waals surface area contributed by atoms with E-state index in [0.29, 0.717) is 11.8 Å². The standard InChI is InChI=1S/C13H15N3OS2.ClH/c17-12(15-9-5-6-14-7-9)8-18-13-16-10-3-1-2-4-11(10)19-13;/h1-4,9,14H,5-8H2,(H,15,17);1H. The number of rotatable bonds is 4. The van der Waals surface area contributed by atoms with Gasteiger partial charge in [-0.1, -0.05) is 23.9 Å². The van der Waals surface area contributed by atoms with Crippen LogP contribution in [0.2, 0.25) is 0 Å². The van der Waals surface area contributed by atoms with Gasteiger partial charge in [0.2, 0.25) is 5.91 Å². The molecule has 0 saturated carbocycles. The summed E-state index contributed by atoms with van der Waals surface area (Å²) >= 11 is 3.15. The molecule has 108 valence electrons. The number of thioether (sulfide) groups is 1. The molecule has 0 aliphatic carbocycles. The van der Waals surface area contributed by atoms with Crippen LogP contribution in [0.3, 0.4) is 0 Å². The summed E-state index contributed by atoms with van der Waals surface area (Å²) in [6, 6.07) is 8.34. The number of amides is 1. The van der Waals surface area contributed by atoms with E-state index < -0.39 is 0 Å². The monoisotopic (exact) mass is 329 g/mol. The van der Waals surface area contributed by atoms with Gasteiger partial charge in [-0.3, -0.25) is 4.79 Å². The Morgan fingerprint density at radius 1 is 1.50 bits per heavy atom. The number of hydrogen-bond acceptors (Lipinski definition) is 5. The van der Waals surface area contributed by atoms with Crippen LogP contribution in [0.15, 0.2) is 28.6 Å². The first kappa shape index (κ1) is 15.6. The summed E-state index contributed by atoms with van der Waals surface area (Å²) in [4.78, 5) is 16.3. The molecule has 1 saturated heterocycles. The number of hydrogen-bond donors (Lipinski definition) is 2. The number of halogens is 1. The van der Waals surface area contributed by atoms with Crippen molar-refractivity contribution in [2.75, 3.05) is 18.8 Å². The maximum atomic E-state index is 11.8. The van der Waals surface area contributed by atoms with E-state index in [4.69, 9.17) is 0 Å². The predicted octanol–water partition coefficient (Wildman–Crippen LogP) is 2.29. The summed E-state index contributed by atoms with van der Waals surface area (Å²) in [6.45, 7) is 1.88. The van der Waals surface area contributed by atoms with Gasteiger partial charge in [0.1, 0.15) is 0 Å². The minimum absolute atomic E-state index is 0. The maximum Gasteiger partial charge on any atom is 0.230 e.